The third-order valence-electron chi connectivity index (χ3n) is 3.73. The fraction of sp³-hybridized carbons (Fsp3) is 0.222. The SMILES string of the molecule is CC(C)(NC(=O)Cc1noc2ccccc12)c1ccccc1. The highest BCUT2D eigenvalue weighted by Gasteiger charge is 2.23. The van der Waals surface area contributed by atoms with E-state index in [2.05, 4.69) is 10.5 Å². The Kier molecular flexibility index (Phi) is 3.67. The van der Waals surface area contributed by atoms with Crippen molar-refractivity contribution in [3.05, 3.63) is 65.9 Å². The van der Waals surface area contributed by atoms with Gasteiger partial charge in [0.25, 0.3) is 0 Å². The summed E-state index contributed by atoms with van der Waals surface area (Å²) >= 11 is 0. The van der Waals surface area contributed by atoms with E-state index >= 15 is 0 Å². The van der Waals surface area contributed by atoms with Crippen molar-refractivity contribution in [2.45, 2.75) is 25.8 Å². The molecule has 0 unspecified atom stereocenters. The Bertz CT molecular complexity index is 791. The van der Waals surface area contributed by atoms with Crippen LogP contribution in [0.4, 0.5) is 0 Å². The van der Waals surface area contributed by atoms with Gasteiger partial charge in [0.1, 0.15) is 5.69 Å². The molecule has 3 rings (SSSR count). The van der Waals surface area contributed by atoms with Crippen LogP contribution >= 0.6 is 0 Å². The zero-order chi connectivity index (χ0) is 15.6. The molecule has 4 nitrogen and oxygen atoms in total. The molecule has 4 heteroatoms. The van der Waals surface area contributed by atoms with E-state index in [0.29, 0.717) is 11.3 Å². The third-order valence-corrected chi connectivity index (χ3v) is 3.73. The summed E-state index contributed by atoms with van der Waals surface area (Å²) in [4.78, 5) is 12.4. The van der Waals surface area contributed by atoms with Gasteiger partial charge in [0.15, 0.2) is 5.58 Å². The number of aromatic nitrogens is 1. The number of carbonyl (C=O) groups excluding carboxylic acids is 1. The molecular weight excluding hydrogens is 276 g/mol. The maximum absolute atomic E-state index is 12.4. The van der Waals surface area contributed by atoms with Gasteiger partial charge in [0.05, 0.1) is 12.0 Å². The lowest BCUT2D eigenvalue weighted by Crippen LogP contribution is -2.41. The van der Waals surface area contributed by atoms with Crippen LogP contribution in [0.2, 0.25) is 0 Å². The first-order valence-corrected chi connectivity index (χ1v) is 7.26. The molecule has 0 aliphatic heterocycles. The molecule has 1 amide bonds. The Labute approximate surface area is 129 Å². The summed E-state index contributed by atoms with van der Waals surface area (Å²) in [5, 5.41) is 7.94. The highest BCUT2D eigenvalue weighted by molar-refractivity contribution is 5.86. The fourth-order valence-corrected chi connectivity index (χ4v) is 2.54. The van der Waals surface area contributed by atoms with Crippen LogP contribution in [0.15, 0.2) is 59.1 Å². The summed E-state index contributed by atoms with van der Waals surface area (Å²) in [6, 6.07) is 17.5. The average molecular weight is 294 g/mol. The first-order valence-electron chi connectivity index (χ1n) is 7.26. The van der Waals surface area contributed by atoms with Crippen molar-refractivity contribution in [3.8, 4) is 0 Å². The molecule has 22 heavy (non-hydrogen) atoms. The predicted octanol–water partition coefficient (Wildman–Crippen LogP) is 3.42. The second kappa shape index (κ2) is 5.64. The Morgan fingerprint density at radius 2 is 1.77 bits per heavy atom. The molecule has 112 valence electrons. The van der Waals surface area contributed by atoms with Gasteiger partial charge in [-0.15, -0.1) is 0 Å². The van der Waals surface area contributed by atoms with E-state index in [1.807, 2.05) is 68.4 Å². The summed E-state index contributed by atoms with van der Waals surface area (Å²) in [6.07, 6.45) is 0.202. The Hall–Kier alpha value is -2.62. The molecule has 0 bridgehead atoms. The van der Waals surface area contributed by atoms with Gasteiger partial charge in [-0.05, 0) is 31.5 Å². The molecule has 0 atom stereocenters. The number of nitrogens with zero attached hydrogens (tertiary/aromatic N) is 1. The predicted molar refractivity (Wildman–Crippen MR) is 85.3 cm³/mol. The van der Waals surface area contributed by atoms with Crippen molar-refractivity contribution in [3.63, 3.8) is 0 Å². The van der Waals surface area contributed by atoms with Crippen LogP contribution in [-0.4, -0.2) is 11.1 Å². The van der Waals surface area contributed by atoms with Crippen molar-refractivity contribution in [2.75, 3.05) is 0 Å². The Balaban J connectivity index is 1.75. The van der Waals surface area contributed by atoms with Gasteiger partial charge in [-0.3, -0.25) is 4.79 Å². The topological polar surface area (TPSA) is 55.1 Å². The standard InChI is InChI=1S/C18H18N2O2/c1-18(2,13-8-4-3-5-9-13)19-17(21)12-15-14-10-6-7-11-16(14)22-20-15/h3-11H,12H2,1-2H3,(H,19,21). The molecule has 1 heterocycles. The first-order chi connectivity index (χ1) is 10.6. The van der Waals surface area contributed by atoms with Crippen LogP contribution in [0.5, 0.6) is 0 Å². The maximum Gasteiger partial charge on any atom is 0.226 e. The maximum atomic E-state index is 12.4. The minimum Gasteiger partial charge on any atom is -0.356 e. The lowest BCUT2D eigenvalue weighted by molar-refractivity contribution is -0.122. The first kappa shape index (κ1) is 14.3. The largest absolute Gasteiger partial charge is 0.356 e. The van der Waals surface area contributed by atoms with E-state index in [4.69, 9.17) is 4.52 Å². The summed E-state index contributed by atoms with van der Waals surface area (Å²) in [7, 11) is 0. The number of para-hydroxylation sites is 1. The second-order valence-electron chi connectivity index (χ2n) is 5.84. The van der Waals surface area contributed by atoms with E-state index < -0.39 is 5.54 Å². The fourth-order valence-electron chi connectivity index (χ4n) is 2.54. The smallest absolute Gasteiger partial charge is 0.226 e. The monoisotopic (exact) mass is 294 g/mol. The average Bonchev–Trinajstić information content (AvgIpc) is 2.91. The van der Waals surface area contributed by atoms with Crippen molar-refractivity contribution in [1.29, 1.82) is 0 Å². The van der Waals surface area contributed by atoms with Crippen molar-refractivity contribution < 1.29 is 9.32 Å². The van der Waals surface area contributed by atoms with Crippen LogP contribution in [0, 0.1) is 0 Å². The van der Waals surface area contributed by atoms with Gasteiger partial charge in [-0.2, -0.15) is 0 Å². The number of amides is 1. The van der Waals surface area contributed by atoms with Gasteiger partial charge in [-0.1, -0.05) is 47.6 Å². The number of rotatable bonds is 4. The highest BCUT2D eigenvalue weighted by Crippen LogP contribution is 2.21. The van der Waals surface area contributed by atoms with E-state index in [1.165, 1.54) is 0 Å². The molecule has 0 radical (unpaired) electrons. The molecule has 1 N–H and O–H groups in total. The van der Waals surface area contributed by atoms with Gasteiger partial charge in [-0.25, -0.2) is 0 Å². The zero-order valence-electron chi connectivity index (χ0n) is 12.7. The Morgan fingerprint density at radius 1 is 1.09 bits per heavy atom. The van der Waals surface area contributed by atoms with Crippen molar-refractivity contribution in [1.82, 2.24) is 10.5 Å². The molecule has 2 aromatic carbocycles. The summed E-state index contributed by atoms with van der Waals surface area (Å²) in [6.45, 7) is 3.97. The molecule has 1 aromatic heterocycles. The summed E-state index contributed by atoms with van der Waals surface area (Å²) < 4.78 is 5.23. The quantitative estimate of drug-likeness (QED) is 0.802. The summed E-state index contributed by atoms with van der Waals surface area (Å²) in [5.74, 6) is -0.0760. The van der Waals surface area contributed by atoms with Crippen LogP contribution in [-0.2, 0) is 16.8 Å². The molecule has 3 aromatic rings. The normalized spacial score (nSPS) is 11.5. The highest BCUT2D eigenvalue weighted by atomic mass is 16.5. The molecule has 0 saturated carbocycles. The van der Waals surface area contributed by atoms with Crippen LogP contribution < -0.4 is 5.32 Å². The minimum atomic E-state index is -0.433. The molecule has 0 spiro atoms. The number of hydrogen-bond acceptors (Lipinski definition) is 3. The van der Waals surface area contributed by atoms with Crippen LogP contribution in [0.25, 0.3) is 11.0 Å². The van der Waals surface area contributed by atoms with Crippen LogP contribution in [0.1, 0.15) is 25.1 Å². The molecule has 0 fully saturated rings. The van der Waals surface area contributed by atoms with Gasteiger partial charge in [0.2, 0.25) is 5.91 Å². The van der Waals surface area contributed by atoms with E-state index in [-0.39, 0.29) is 12.3 Å². The minimum absolute atomic E-state index is 0.0760. The van der Waals surface area contributed by atoms with E-state index in [0.717, 1.165) is 10.9 Å². The molecule has 0 aliphatic carbocycles. The zero-order valence-corrected chi connectivity index (χ0v) is 12.7. The van der Waals surface area contributed by atoms with Crippen LogP contribution in [0.3, 0.4) is 0 Å². The second-order valence-corrected chi connectivity index (χ2v) is 5.84. The molecule has 0 saturated heterocycles. The van der Waals surface area contributed by atoms with Crippen molar-refractivity contribution >= 4 is 16.9 Å². The van der Waals surface area contributed by atoms with E-state index in [1.54, 1.807) is 0 Å². The lowest BCUT2D eigenvalue weighted by atomic mass is 9.94. The lowest BCUT2D eigenvalue weighted by Gasteiger charge is -2.26. The van der Waals surface area contributed by atoms with E-state index in [9.17, 15) is 4.79 Å². The number of carbonyl (C=O) groups is 1. The number of fused-ring (bicyclic) bond motifs is 1. The van der Waals surface area contributed by atoms with Gasteiger partial charge < -0.3 is 9.84 Å². The van der Waals surface area contributed by atoms with Gasteiger partial charge in [0, 0.05) is 5.39 Å². The third kappa shape index (κ3) is 2.86. The Morgan fingerprint density at radius 3 is 2.55 bits per heavy atom. The number of hydrogen-bond donors (Lipinski definition) is 1. The molecular formula is C18H18N2O2. The molecule has 0 aliphatic rings. The number of nitrogens with one attached hydrogen (secondary N) is 1. The summed E-state index contributed by atoms with van der Waals surface area (Å²) in [5.41, 5.74) is 2.00. The van der Waals surface area contributed by atoms with Crippen molar-refractivity contribution in [2.24, 2.45) is 0 Å². The van der Waals surface area contributed by atoms with Gasteiger partial charge >= 0.3 is 0 Å². The number of benzene rings is 2.